The molecule has 0 radical (unpaired) electrons. The van der Waals surface area contributed by atoms with Crippen molar-refractivity contribution in [3.05, 3.63) is 41.6 Å². The van der Waals surface area contributed by atoms with E-state index in [9.17, 15) is 9.59 Å². The number of esters is 1. The third-order valence-corrected chi connectivity index (χ3v) is 5.14. The summed E-state index contributed by atoms with van der Waals surface area (Å²) < 4.78 is 15.7. The molecule has 156 valence electrons. The number of methoxy groups -OCH3 is 2. The van der Waals surface area contributed by atoms with E-state index >= 15 is 0 Å². The van der Waals surface area contributed by atoms with Crippen molar-refractivity contribution in [3.8, 4) is 5.75 Å². The second-order valence-electron chi connectivity index (χ2n) is 7.06. The molecule has 0 spiro atoms. The van der Waals surface area contributed by atoms with Gasteiger partial charge >= 0.3 is 5.97 Å². The monoisotopic (exact) mass is 401 g/mol. The van der Waals surface area contributed by atoms with Gasteiger partial charge in [0.1, 0.15) is 11.8 Å². The summed E-state index contributed by atoms with van der Waals surface area (Å²) >= 11 is 0. The zero-order valence-corrected chi connectivity index (χ0v) is 16.9. The Morgan fingerprint density at radius 3 is 2.48 bits per heavy atom. The summed E-state index contributed by atoms with van der Waals surface area (Å²) in [6.45, 7) is 0.579. The molecule has 0 bridgehead atoms. The lowest BCUT2D eigenvalue weighted by atomic mass is 10.0. The number of aromatic nitrogens is 2. The number of ether oxygens (including phenoxy) is 2. The highest BCUT2D eigenvalue weighted by atomic mass is 16.5. The van der Waals surface area contributed by atoms with Gasteiger partial charge < -0.3 is 18.8 Å². The van der Waals surface area contributed by atoms with Crippen molar-refractivity contribution in [2.75, 3.05) is 20.8 Å². The molecule has 1 unspecified atom stereocenters. The number of nitrogens with zero attached hydrogens (tertiary/aromatic N) is 3. The fraction of sp³-hybridized carbons (Fsp3) is 0.524. The Balaban J connectivity index is 1.49. The molecule has 29 heavy (non-hydrogen) atoms. The third-order valence-electron chi connectivity index (χ3n) is 5.14. The van der Waals surface area contributed by atoms with E-state index < -0.39 is 6.04 Å². The molecular formula is C21H27N3O5. The smallest absolute Gasteiger partial charge is 0.328 e. The van der Waals surface area contributed by atoms with Gasteiger partial charge in [-0.05, 0) is 43.4 Å². The fourth-order valence-electron chi connectivity index (χ4n) is 3.50. The van der Waals surface area contributed by atoms with Gasteiger partial charge in [-0.25, -0.2) is 4.79 Å². The first-order valence-electron chi connectivity index (χ1n) is 9.92. The zero-order chi connectivity index (χ0) is 20.6. The van der Waals surface area contributed by atoms with Gasteiger partial charge in [-0.2, -0.15) is 0 Å². The molecule has 1 aromatic carbocycles. The van der Waals surface area contributed by atoms with E-state index in [0.29, 0.717) is 37.6 Å². The molecule has 1 aromatic heterocycles. The van der Waals surface area contributed by atoms with Crippen LogP contribution >= 0.6 is 0 Å². The van der Waals surface area contributed by atoms with Crippen LogP contribution < -0.4 is 4.74 Å². The van der Waals surface area contributed by atoms with Crippen LogP contribution in [0.5, 0.6) is 5.75 Å². The Morgan fingerprint density at radius 1 is 1.07 bits per heavy atom. The third kappa shape index (κ3) is 5.56. The Bertz CT molecular complexity index is 818. The topological polar surface area (TPSA) is 94.8 Å². The van der Waals surface area contributed by atoms with Crippen LogP contribution in [0.25, 0.3) is 0 Å². The van der Waals surface area contributed by atoms with E-state index in [1.54, 1.807) is 12.0 Å². The van der Waals surface area contributed by atoms with Gasteiger partial charge in [-0.15, -0.1) is 10.2 Å². The number of hydrogen-bond donors (Lipinski definition) is 0. The van der Waals surface area contributed by atoms with Gasteiger partial charge in [0.2, 0.25) is 17.7 Å². The van der Waals surface area contributed by atoms with Crippen molar-refractivity contribution in [2.45, 2.75) is 51.0 Å². The van der Waals surface area contributed by atoms with Crippen molar-refractivity contribution in [1.29, 1.82) is 0 Å². The van der Waals surface area contributed by atoms with E-state index in [4.69, 9.17) is 13.9 Å². The summed E-state index contributed by atoms with van der Waals surface area (Å²) in [5, 5.41) is 8.12. The maximum Gasteiger partial charge on any atom is 0.328 e. The van der Waals surface area contributed by atoms with Crippen LogP contribution in [0.15, 0.2) is 28.7 Å². The maximum absolute atomic E-state index is 12.6. The molecule has 2 aromatic rings. The van der Waals surface area contributed by atoms with Crippen LogP contribution in [0.3, 0.4) is 0 Å². The van der Waals surface area contributed by atoms with Crippen LogP contribution in [-0.4, -0.2) is 53.8 Å². The van der Waals surface area contributed by atoms with Crippen LogP contribution in [0.4, 0.5) is 0 Å². The molecule has 0 aliphatic carbocycles. The molecule has 1 amide bonds. The van der Waals surface area contributed by atoms with Gasteiger partial charge in [-0.3, -0.25) is 4.79 Å². The number of piperidine rings is 1. The number of carbonyl (C=O) groups excluding carboxylic acids is 2. The summed E-state index contributed by atoms with van der Waals surface area (Å²) in [7, 11) is 2.99. The molecule has 1 aliphatic rings. The van der Waals surface area contributed by atoms with Crippen LogP contribution in [-0.2, 0) is 33.6 Å². The SMILES string of the molecule is COC(=O)C1CCCCN1C(=O)CCc1nnc(CCc2ccc(OC)cc2)o1. The van der Waals surface area contributed by atoms with Crippen molar-refractivity contribution >= 4 is 11.9 Å². The first-order chi connectivity index (χ1) is 14.1. The molecule has 8 heteroatoms. The predicted octanol–water partition coefficient (Wildman–Crippen LogP) is 2.35. The van der Waals surface area contributed by atoms with Crippen LogP contribution in [0, 0.1) is 0 Å². The Hall–Kier alpha value is -2.90. The zero-order valence-electron chi connectivity index (χ0n) is 16.9. The summed E-state index contributed by atoms with van der Waals surface area (Å²) in [6.07, 6.45) is 4.46. The number of rotatable bonds is 8. The number of aryl methyl sites for hydroxylation is 3. The Labute approximate surface area is 170 Å². The Kier molecular flexibility index (Phi) is 7.21. The molecule has 3 rings (SSSR count). The molecule has 0 N–H and O–H groups in total. The normalized spacial score (nSPS) is 16.5. The summed E-state index contributed by atoms with van der Waals surface area (Å²) in [5.41, 5.74) is 1.15. The number of hydrogen-bond acceptors (Lipinski definition) is 7. The number of benzene rings is 1. The average Bonchev–Trinajstić information content (AvgIpc) is 3.23. The summed E-state index contributed by atoms with van der Waals surface area (Å²) in [6, 6.07) is 7.37. The minimum absolute atomic E-state index is 0.0851. The molecule has 1 saturated heterocycles. The van der Waals surface area contributed by atoms with Gasteiger partial charge in [-0.1, -0.05) is 12.1 Å². The van der Waals surface area contributed by atoms with Gasteiger partial charge in [0.15, 0.2) is 0 Å². The second kappa shape index (κ2) is 10.0. The minimum atomic E-state index is -0.482. The quantitative estimate of drug-likeness (QED) is 0.627. The number of likely N-dealkylation sites (tertiary alicyclic amines) is 1. The van der Waals surface area contributed by atoms with Gasteiger partial charge in [0.05, 0.1) is 14.2 Å². The fourth-order valence-corrected chi connectivity index (χ4v) is 3.50. The van der Waals surface area contributed by atoms with E-state index in [2.05, 4.69) is 10.2 Å². The molecule has 1 fully saturated rings. The van der Waals surface area contributed by atoms with Gasteiger partial charge in [0, 0.05) is 25.8 Å². The van der Waals surface area contributed by atoms with Crippen molar-refractivity contribution in [1.82, 2.24) is 15.1 Å². The maximum atomic E-state index is 12.6. The summed E-state index contributed by atoms with van der Waals surface area (Å²) in [4.78, 5) is 26.1. The van der Waals surface area contributed by atoms with Gasteiger partial charge in [0.25, 0.3) is 0 Å². The highest BCUT2D eigenvalue weighted by Gasteiger charge is 2.32. The van der Waals surface area contributed by atoms with E-state index in [1.807, 2.05) is 24.3 Å². The predicted molar refractivity (Wildman–Crippen MR) is 104 cm³/mol. The lowest BCUT2D eigenvalue weighted by Gasteiger charge is -2.33. The summed E-state index contributed by atoms with van der Waals surface area (Å²) in [5.74, 6) is 1.37. The lowest BCUT2D eigenvalue weighted by molar-refractivity contribution is -0.154. The highest BCUT2D eigenvalue weighted by molar-refractivity contribution is 5.84. The minimum Gasteiger partial charge on any atom is -0.497 e. The second-order valence-corrected chi connectivity index (χ2v) is 7.06. The van der Waals surface area contributed by atoms with Crippen molar-refractivity contribution in [3.63, 3.8) is 0 Å². The molecule has 2 heterocycles. The van der Waals surface area contributed by atoms with E-state index in [0.717, 1.165) is 30.6 Å². The largest absolute Gasteiger partial charge is 0.497 e. The standard InChI is InChI=1S/C21H27N3O5/c1-27-16-9-6-15(7-10-16)8-11-18-22-23-19(29-18)12-13-20(25)24-14-4-3-5-17(24)21(26)28-2/h6-7,9-10,17H,3-5,8,11-14H2,1-2H3. The number of carbonyl (C=O) groups is 2. The van der Waals surface area contributed by atoms with E-state index in [-0.39, 0.29) is 18.3 Å². The molecule has 1 aliphatic heterocycles. The first-order valence-corrected chi connectivity index (χ1v) is 9.92. The van der Waals surface area contributed by atoms with Crippen LogP contribution in [0.2, 0.25) is 0 Å². The molecule has 0 saturated carbocycles. The van der Waals surface area contributed by atoms with Crippen molar-refractivity contribution < 1.29 is 23.5 Å². The average molecular weight is 401 g/mol. The molecule has 1 atom stereocenters. The van der Waals surface area contributed by atoms with E-state index in [1.165, 1.54) is 7.11 Å². The number of amides is 1. The van der Waals surface area contributed by atoms with Crippen molar-refractivity contribution in [2.24, 2.45) is 0 Å². The lowest BCUT2D eigenvalue weighted by Crippen LogP contribution is -2.48. The molecular weight excluding hydrogens is 374 g/mol. The first kappa shape index (κ1) is 20.8. The highest BCUT2D eigenvalue weighted by Crippen LogP contribution is 2.20. The van der Waals surface area contributed by atoms with Crippen LogP contribution in [0.1, 0.15) is 43.0 Å². The molecule has 8 nitrogen and oxygen atoms in total. The Morgan fingerprint density at radius 2 is 1.79 bits per heavy atom.